The molecule has 7 heteroatoms. The Morgan fingerprint density at radius 3 is 2.91 bits per heavy atom. The normalized spacial score (nSPS) is 18.1. The van der Waals surface area contributed by atoms with Gasteiger partial charge in [-0.1, -0.05) is 6.92 Å². The number of rotatable bonds is 5. The van der Waals surface area contributed by atoms with Gasteiger partial charge in [0.25, 0.3) is 5.91 Å². The topological polar surface area (TPSA) is 76.5 Å². The summed E-state index contributed by atoms with van der Waals surface area (Å²) in [6.07, 6.45) is 5.78. The number of ether oxygens (including phenoxy) is 1. The van der Waals surface area contributed by atoms with E-state index in [1.54, 1.807) is 13.2 Å². The molecule has 0 saturated carbocycles. The Balaban J connectivity index is 1.94. The molecule has 1 atom stereocenters. The number of hydrogen-bond donors (Lipinski definition) is 1. The summed E-state index contributed by atoms with van der Waals surface area (Å²) in [6, 6.07) is 0.297. The second kappa shape index (κ2) is 7.29. The van der Waals surface area contributed by atoms with E-state index in [2.05, 4.69) is 17.3 Å². The molecule has 0 aliphatic carbocycles. The average molecular weight is 308 g/mol. The van der Waals surface area contributed by atoms with Gasteiger partial charge in [0, 0.05) is 25.8 Å². The van der Waals surface area contributed by atoms with Crippen LogP contribution in [0.5, 0.6) is 5.88 Å². The van der Waals surface area contributed by atoms with Gasteiger partial charge >= 0.3 is 0 Å². The zero-order valence-electron chi connectivity index (χ0n) is 13.5. The van der Waals surface area contributed by atoms with Crippen LogP contribution in [0, 0.1) is 0 Å². The second-order valence-electron chi connectivity index (χ2n) is 5.55. The molecule has 0 spiro atoms. The van der Waals surface area contributed by atoms with Gasteiger partial charge in [0.2, 0.25) is 11.8 Å². The highest BCUT2D eigenvalue weighted by atomic mass is 16.5. The first kappa shape index (κ1) is 16.3. The summed E-state index contributed by atoms with van der Waals surface area (Å²) in [5.41, 5.74) is 0.337. The molecule has 2 heterocycles. The maximum absolute atomic E-state index is 12.3. The number of carbonyl (C=O) groups is 2. The Morgan fingerprint density at radius 1 is 1.45 bits per heavy atom. The van der Waals surface area contributed by atoms with E-state index < -0.39 is 0 Å². The van der Waals surface area contributed by atoms with Crippen LogP contribution in [-0.2, 0) is 11.8 Å². The fourth-order valence-electron chi connectivity index (χ4n) is 2.88. The van der Waals surface area contributed by atoms with Gasteiger partial charge in [0.05, 0.1) is 13.7 Å². The molecule has 1 fully saturated rings. The van der Waals surface area contributed by atoms with E-state index in [0.29, 0.717) is 11.6 Å². The summed E-state index contributed by atoms with van der Waals surface area (Å²) < 4.78 is 6.56. The lowest BCUT2D eigenvalue weighted by atomic mass is 10.00. The highest BCUT2D eigenvalue weighted by molar-refractivity contribution is 5.98. The molecule has 0 radical (unpaired) electrons. The predicted molar refractivity (Wildman–Crippen MR) is 81.7 cm³/mol. The van der Waals surface area contributed by atoms with Crippen molar-refractivity contribution in [3.63, 3.8) is 0 Å². The van der Waals surface area contributed by atoms with Crippen LogP contribution in [0.2, 0.25) is 0 Å². The molecule has 7 nitrogen and oxygen atoms in total. The minimum atomic E-state index is -0.344. The van der Waals surface area contributed by atoms with Crippen molar-refractivity contribution in [1.29, 1.82) is 0 Å². The second-order valence-corrected chi connectivity index (χ2v) is 5.55. The standard InChI is InChI=1S/C15H24N4O3/c1-4-11-7-5-6-8-19(11)13(20)9-16-14(21)12-10-18(2)17-15(12)22-3/h10-11H,4-9H2,1-3H3,(H,16,21). The fraction of sp³-hybridized carbons (Fsp3) is 0.667. The Bertz CT molecular complexity index is 541. The van der Waals surface area contributed by atoms with Crippen LogP contribution in [0.1, 0.15) is 43.0 Å². The first-order valence-corrected chi connectivity index (χ1v) is 7.72. The van der Waals surface area contributed by atoms with Crippen LogP contribution < -0.4 is 10.1 Å². The first-order chi connectivity index (χ1) is 10.6. The van der Waals surface area contributed by atoms with Crippen LogP contribution in [-0.4, -0.2) is 52.7 Å². The molecule has 1 aliphatic rings. The third kappa shape index (κ3) is 3.58. The van der Waals surface area contributed by atoms with E-state index in [-0.39, 0.29) is 24.2 Å². The monoisotopic (exact) mass is 308 g/mol. The molecule has 1 unspecified atom stereocenters. The molecule has 122 valence electrons. The Morgan fingerprint density at radius 2 is 2.23 bits per heavy atom. The van der Waals surface area contributed by atoms with Gasteiger partial charge in [-0.3, -0.25) is 14.3 Å². The highest BCUT2D eigenvalue weighted by Crippen LogP contribution is 2.19. The summed E-state index contributed by atoms with van der Waals surface area (Å²) in [5.74, 6) is -0.108. The molecule has 1 N–H and O–H groups in total. The Labute approximate surface area is 130 Å². The third-order valence-electron chi connectivity index (χ3n) is 4.05. The van der Waals surface area contributed by atoms with Gasteiger partial charge < -0.3 is 15.0 Å². The van der Waals surface area contributed by atoms with Crippen molar-refractivity contribution in [3.8, 4) is 5.88 Å². The molecule has 22 heavy (non-hydrogen) atoms. The molecule has 2 amide bonds. The lowest BCUT2D eigenvalue weighted by molar-refractivity contribution is -0.133. The summed E-state index contributed by atoms with van der Waals surface area (Å²) >= 11 is 0. The first-order valence-electron chi connectivity index (χ1n) is 7.72. The van der Waals surface area contributed by atoms with E-state index in [4.69, 9.17) is 4.74 Å². The number of carbonyl (C=O) groups excluding carboxylic acids is 2. The van der Waals surface area contributed by atoms with Crippen LogP contribution in [0.3, 0.4) is 0 Å². The molecule has 2 rings (SSSR count). The summed E-state index contributed by atoms with van der Waals surface area (Å²) in [6.45, 7) is 2.88. The van der Waals surface area contributed by atoms with E-state index in [1.165, 1.54) is 18.2 Å². The van der Waals surface area contributed by atoms with Gasteiger partial charge in [0.15, 0.2) is 0 Å². The van der Waals surface area contributed by atoms with Crippen LogP contribution >= 0.6 is 0 Å². The number of piperidine rings is 1. The van der Waals surface area contributed by atoms with Gasteiger partial charge in [-0.05, 0) is 25.7 Å². The van der Waals surface area contributed by atoms with Gasteiger partial charge in [-0.2, -0.15) is 0 Å². The quantitative estimate of drug-likeness (QED) is 0.878. The predicted octanol–water partition coefficient (Wildman–Crippen LogP) is 0.950. The Hall–Kier alpha value is -2.05. The maximum atomic E-state index is 12.3. The van der Waals surface area contributed by atoms with E-state index >= 15 is 0 Å². The third-order valence-corrected chi connectivity index (χ3v) is 4.05. The van der Waals surface area contributed by atoms with Crippen molar-refractivity contribution >= 4 is 11.8 Å². The van der Waals surface area contributed by atoms with E-state index in [9.17, 15) is 9.59 Å². The molecule has 1 aromatic heterocycles. The van der Waals surface area contributed by atoms with Gasteiger partial charge in [-0.15, -0.1) is 5.10 Å². The molecule has 1 aliphatic heterocycles. The number of hydrogen-bond acceptors (Lipinski definition) is 4. The molecular weight excluding hydrogens is 284 g/mol. The van der Waals surface area contributed by atoms with Crippen molar-refractivity contribution in [2.45, 2.75) is 38.6 Å². The number of likely N-dealkylation sites (tertiary alicyclic amines) is 1. The molecular formula is C15H24N4O3. The largest absolute Gasteiger partial charge is 0.479 e. The van der Waals surface area contributed by atoms with E-state index in [1.807, 2.05) is 4.90 Å². The number of nitrogens with one attached hydrogen (secondary N) is 1. The average Bonchev–Trinajstić information content (AvgIpc) is 2.93. The van der Waals surface area contributed by atoms with Gasteiger partial charge in [-0.25, -0.2) is 0 Å². The van der Waals surface area contributed by atoms with Crippen molar-refractivity contribution < 1.29 is 14.3 Å². The van der Waals surface area contributed by atoms with Crippen molar-refractivity contribution in [3.05, 3.63) is 11.8 Å². The van der Waals surface area contributed by atoms with Crippen molar-refractivity contribution in [2.24, 2.45) is 7.05 Å². The zero-order chi connectivity index (χ0) is 16.1. The number of aromatic nitrogens is 2. The zero-order valence-corrected chi connectivity index (χ0v) is 13.5. The summed E-state index contributed by atoms with van der Waals surface area (Å²) in [7, 11) is 3.17. The smallest absolute Gasteiger partial charge is 0.258 e. The van der Waals surface area contributed by atoms with Crippen LogP contribution in [0.15, 0.2) is 6.20 Å². The fourth-order valence-corrected chi connectivity index (χ4v) is 2.88. The lowest BCUT2D eigenvalue weighted by Crippen LogP contribution is -2.47. The Kier molecular flexibility index (Phi) is 5.41. The number of aryl methyl sites for hydroxylation is 1. The van der Waals surface area contributed by atoms with Gasteiger partial charge in [0.1, 0.15) is 5.56 Å². The maximum Gasteiger partial charge on any atom is 0.258 e. The summed E-state index contributed by atoms with van der Waals surface area (Å²) in [4.78, 5) is 26.4. The van der Waals surface area contributed by atoms with Crippen molar-refractivity contribution in [1.82, 2.24) is 20.0 Å². The molecule has 1 saturated heterocycles. The summed E-state index contributed by atoms with van der Waals surface area (Å²) in [5, 5.41) is 6.70. The van der Waals surface area contributed by atoms with E-state index in [0.717, 1.165) is 25.8 Å². The van der Waals surface area contributed by atoms with Crippen molar-refractivity contribution in [2.75, 3.05) is 20.2 Å². The number of methoxy groups -OCH3 is 1. The minimum absolute atomic E-state index is 0.00732. The molecule has 0 aromatic carbocycles. The van der Waals surface area contributed by atoms with Crippen LogP contribution in [0.4, 0.5) is 0 Å². The van der Waals surface area contributed by atoms with Crippen LogP contribution in [0.25, 0.3) is 0 Å². The number of nitrogens with zero attached hydrogens (tertiary/aromatic N) is 3. The highest BCUT2D eigenvalue weighted by Gasteiger charge is 2.26. The molecule has 0 bridgehead atoms. The SMILES string of the molecule is CCC1CCCCN1C(=O)CNC(=O)c1cn(C)nc1OC. The lowest BCUT2D eigenvalue weighted by Gasteiger charge is -2.35. The molecule has 1 aromatic rings. The number of amides is 2. The minimum Gasteiger partial charge on any atom is -0.479 e.